The summed E-state index contributed by atoms with van der Waals surface area (Å²) in [4.78, 5) is 16.6. The molecule has 2 aliphatic rings. The van der Waals surface area contributed by atoms with Gasteiger partial charge in [-0.05, 0) is 29.5 Å². The first kappa shape index (κ1) is 11.6. The Balaban J connectivity index is 2.63. The van der Waals surface area contributed by atoms with Crippen LogP contribution in [0.15, 0.2) is 59.7 Å². The fourth-order valence-corrected chi connectivity index (χ4v) is 2.43. The summed E-state index contributed by atoms with van der Waals surface area (Å²) in [7, 11) is 0. The monoisotopic (exact) mass is 247 g/mol. The van der Waals surface area contributed by atoms with Gasteiger partial charge in [-0.3, -0.25) is 9.78 Å². The fourth-order valence-electron chi connectivity index (χ4n) is 2.43. The van der Waals surface area contributed by atoms with E-state index >= 15 is 0 Å². The van der Waals surface area contributed by atoms with Gasteiger partial charge in [0, 0.05) is 23.3 Å². The van der Waals surface area contributed by atoms with E-state index in [-0.39, 0.29) is 5.43 Å². The van der Waals surface area contributed by atoms with E-state index in [4.69, 9.17) is 0 Å². The smallest absolute Gasteiger partial charge is 0.195 e. The Morgan fingerprint density at radius 2 is 1.79 bits per heavy atom. The lowest BCUT2D eigenvalue weighted by Gasteiger charge is -2.09. The van der Waals surface area contributed by atoms with Crippen LogP contribution in [-0.4, -0.2) is 4.98 Å². The van der Waals surface area contributed by atoms with Crippen molar-refractivity contribution in [3.63, 3.8) is 0 Å². The summed E-state index contributed by atoms with van der Waals surface area (Å²) < 4.78 is 0. The van der Waals surface area contributed by atoms with Gasteiger partial charge in [-0.25, -0.2) is 0 Å². The Hall–Kier alpha value is -2.48. The second kappa shape index (κ2) is 4.65. The number of benzene rings is 1. The first-order valence-electron chi connectivity index (χ1n) is 6.24. The summed E-state index contributed by atoms with van der Waals surface area (Å²) in [6.45, 7) is 1.98. The average molecular weight is 247 g/mol. The third-order valence-corrected chi connectivity index (χ3v) is 3.26. The summed E-state index contributed by atoms with van der Waals surface area (Å²) in [6.07, 6.45) is 7.41. The molecular weight excluding hydrogens is 234 g/mol. The van der Waals surface area contributed by atoms with E-state index in [0.29, 0.717) is 5.39 Å². The van der Waals surface area contributed by atoms with Crippen molar-refractivity contribution in [3.05, 3.63) is 70.7 Å². The molecule has 0 radical (unpaired) electrons. The molecule has 0 spiro atoms. The summed E-state index contributed by atoms with van der Waals surface area (Å²) in [5, 5.41) is 1.63. The maximum absolute atomic E-state index is 12.5. The molecule has 92 valence electrons. The first-order valence-corrected chi connectivity index (χ1v) is 6.24. The number of allylic oxidation sites excluding steroid dienone is 1. The van der Waals surface area contributed by atoms with Crippen molar-refractivity contribution in [2.24, 2.45) is 0 Å². The lowest BCUT2D eigenvalue weighted by molar-refractivity contribution is 1.36. The van der Waals surface area contributed by atoms with Crippen molar-refractivity contribution in [2.45, 2.75) is 6.92 Å². The van der Waals surface area contributed by atoms with Crippen LogP contribution in [-0.2, 0) is 0 Å². The van der Waals surface area contributed by atoms with Crippen molar-refractivity contribution < 1.29 is 0 Å². The molecule has 0 N–H and O–H groups in total. The molecule has 1 heterocycles. The van der Waals surface area contributed by atoms with Crippen molar-refractivity contribution in [1.29, 1.82) is 0 Å². The number of rotatable bonds is 1. The third kappa shape index (κ3) is 1.82. The molecule has 0 saturated carbocycles. The van der Waals surface area contributed by atoms with Crippen LogP contribution in [0.4, 0.5) is 0 Å². The minimum absolute atomic E-state index is 0.0440. The molecule has 1 aromatic heterocycles. The van der Waals surface area contributed by atoms with E-state index in [1.54, 1.807) is 12.4 Å². The van der Waals surface area contributed by atoms with Crippen molar-refractivity contribution in [1.82, 2.24) is 4.98 Å². The number of nitrogens with zero attached hydrogens (tertiary/aromatic N) is 1. The van der Waals surface area contributed by atoms with Gasteiger partial charge >= 0.3 is 0 Å². The minimum atomic E-state index is 0.0440. The Bertz CT molecular complexity index is 805. The highest BCUT2D eigenvalue weighted by Gasteiger charge is 2.14. The van der Waals surface area contributed by atoms with Gasteiger partial charge < -0.3 is 0 Å². The Morgan fingerprint density at radius 3 is 2.58 bits per heavy atom. The molecule has 0 aliphatic heterocycles. The van der Waals surface area contributed by atoms with Crippen LogP contribution in [0.25, 0.3) is 28.0 Å². The highest BCUT2D eigenvalue weighted by atomic mass is 16.1. The predicted octanol–water partition coefficient (Wildman–Crippen LogP) is 3.73. The van der Waals surface area contributed by atoms with Gasteiger partial charge in [-0.1, -0.05) is 42.5 Å². The SMILES string of the molecule is C/C=C/c1c2cccccc-2c(=O)c2cnccc12. The third-order valence-electron chi connectivity index (χ3n) is 3.26. The van der Waals surface area contributed by atoms with Gasteiger partial charge in [0.1, 0.15) is 0 Å². The second-order valence-electron chi connectivity index (χ2n) is 4.40. The molecule has 0 fully saturated rings. The molecule has 1 aromatic rings. The molecule has 2 aliphatic carbocycles. The number of aromatic nitrogens is 1. The molecule has 3 rings (SSSR count). The molecule has 0 aromatic carbocycles. The summed E-state index contributed by atoms with van der Waals surface area (Å²) >= 11 is 0. The van der Waals surface area contributed by atoms with E-state index in [9.17, 15) is 4.79 Å². The summed E-state index contributed by atoms with van der Waals surface area (Å²) in [5.41, 5.74) is 2.83. The second-order valence-corrected chi connectivity index (χ2v) is 4.40. The van der Waals surface area contributed by atoms with Gasteiger partial charge in [0.2, 0.25) is 0 Å². The predicted molar refractivity (Wildman–Crippen MR) is 79.3 cm³/mol. The van der Waals surface area contributed by atoms with Crippen molar-refractivity contribution >= 4 is 16.8 Å². The van der Waals surface area contributed by atoms with E-state index in [1.165, 1.54) is 0 Å². The van der Waals surface area contributed by atoms with E-state index < -0.39 is 0 Å². The van der Waals surface area contributed by atoms with Crippen LogP contribution in [0.2, 0.25) is 0 Å². The topological polar surface area (TPSA) is 30.0 Å². The fraction of sp³-hybridized carbons (Fsp3) is 0.0588. The van der Waals surface area contributed by atoms with Gasteiger partial charge in [0.25, 0.3) is 0 Å². The molecule has 0 bridgehead atoms. The van der Waals surface area contributed by atoms with Gasteiger partial charge in [0.15, 0.2) is 5.43 Å². The highest BCUT2D eigenvalue weighted by Crippen LogP contribution is 2.29. The van der Waals surface area contributed by atoms with E-state index in [0.717, 1.165) is 22.1 Å². The van der Waals surface area contributed by atoms with E-state index in [1.807, 2.05) is 55.5 Å². The van der Waals surface area contributed by atoms with Crippen LogP contribution in [0.1, 0.15) is 12.5 Å². The van der Waals surface area contributed by atoms with Gasteiger partial charge in [-0.15, -0.1) is 0 Å². The number of fused-ring (bicyclic) bond motifs is 2. The summed E-state index contributed by atoms with van der Waals surface area (Å²) in [6, 6.07) is 11.6. The Labute approximate surface area is 111 Å². The van der Waals surface area contributed by atoms with Crippen LogP contribution in [0.3, 0.4) is 0 Å². The molecule has 0 unspecified atom stereocenters. The Morgan fingerprint density at radius 1 is 1.00 bits per heavy atom. The molecule has 0 saturated heterocycles. The Kier molecular flexibility index (Phi) is 2.84. The molecular formula is C17H13NO. The zero-order chi connectivity index (χ0) is 13.2. The van der Waals surface area contributed by atoms with Crippen LogP contribution < -0.4 is 5.43 Å². The zero-order valence-electron chi connectivity index (χ0n) is 10.6. The standard InChI is InChI=1S/C17H13NO/c1-2-6-12-13-7-4-3-5-8-15(13)17(19)16-11-18-10-9-14(12)16/h2-11H,1H3/b6-2+. The average Bonchev–Trinajstić information content (AvgIpc) is 2.69. The minimum Gasteiger partial charge on any atom is -0.289 e. The maximum atomic E-state index is 12.5. The first-order chi connectivity index (χ1) is 9.33. The number of hydrogen-bond acceptors (Lipinski definition) is 2. The van der Waals surface area contributed by atoms with E-state index in [2.05, 4.69) is 4.98 Å². The lowest BCUT2D eigenvalue weighted by atomic mass is 9.93. The normalized spacial score (nSPS) is 11.4. The molecule has 2 nitrogen and oxygen atoms in total. The molecule has 0 atom stereocenters. The van der Waals surface area contributed by atoms with Crippen molar-refractivity contribution in [2.75, 3.05) is 0 Å². The van der Waals surface area contributed by atoms with Crippen LogP contribution in [0.5, 0.6) is 0 Å². The molecule has 19 heavy (non-hydrogen) atoms. The lowest BCUT2D eigenvalue weighted by Crippen LogP contribution is -2.07. The molecule has 0 amide bonds. The van der Waals surface area contributed by atoms with Crippen LogP contribution >= 0.6 is 0 Å². The summed E-state index contributed by atoms with van der Waals surface area (Å²) in [5.74, 6) is 0. The van der Waals surface area contributed by atoms with Gasteiger partial charge in [-0.2, -0.15) is 0 Å². The van der Waals surface area contributed by atoms with Gasteiger partial charge in [0.05, 0.1) is 0 Å². The highest BCUT2D eigenvalue weighted by molar-refractivity contribution is 5.99. The number of hydrogen-bond donors (Lipinski definition) is 0. The largest absolute Gasteiger partial charge is 0.289 e. The van der Waals surface area contributed by atoms with Crippen LogP contribution in [0, 0.1) is 0 Å². The number of pyridine rings is 1. The quantitative estimate of drug-likeness (QED) is 0.655. The zero-order valence-corrected chi connectivity index (χ0v) is 10.6. The maximum Gasteiger partial charge on any atom is 0.195 e. The van der Waals surface area contributed by atoms with Crippen molar-refractivity contribution in [3.8, 4) is 11.1 Å². The molecule has 2 heteroatoms.